The third kappa shape index (κ3) is 2.92. The first-order valence-corrected chi connectivity index (χ1v) is 6.06. The number of anilines is 1. The summed E-state index contributed by atoms with van der Waals surface area (Å²) >= 11 is 0. The highest BCUT2D eigenvalue weighted by Crippen LogP contribution is 2.21. The molecule has 0 radical (unpaired) electrons. The smallest absolute Gasteiger partial charge is 0.149 e. The van der Waals surface area contributed by atoms with Gasteiger partial charge in [0.1, 0.15) is 11.6 Å². The summed E-state index contributed by atoms with van der Waals surface area (Å²) in [5, 5.41) is 0. The number of aromatic nitrogens is 2. The second kappa shape index (κ2) is 4.98. The molecule has 1 aromatic heterocycles. The quantitative estimate of drug-likeness (QED) is 0.775. The van der Waals surface area contributed by atoms with E-state index < -0.39 is 0 Å². The van der Waals surface area contributed by atoms with Gasteiger partial charge in [-0.25, -0.2) is 9.97 Å². The molecule has 5 heteroatoms. The normalized spacial score (nSPS) is 23.6. The molecule has 1 aliphatic rings. The minimum Gasteiger partial charge on any atom is -0.384 e. The van der Waals surface area contributed by atoms with Crippen molar-refractivity contribution in [3.63, 3.8) is 0 Å². The lowest BCUT2D eigenvalue weighted by molar-refractivity contribution is 0.219. The number of nitrogens with two attached hydrogens (primary N) is 1. The number of hydrogen-bond donors (Lipinski definition) is 1. The van der Waals surface area contributed by atoms with Crippen LogP contribution in [-0.4, -0.2) is 53.5 Å². The highest BCUT2D eigenvalue weighted by molar-refractivity contribution is 5.29. The monoisotopic (exact) mass is 235 g/mol. The van der Waals surface area contributed by atoms with Gasteiger partial charge in [-0.15, -0.1) is 0 Å². The molecule has 17 heavy (non-hydrogen) atoms. The Bertz CT molecular complexity index is 372. The molecule has 0 aliphatic carbocycles. The maximum Gasteiger partial charge on any atom is 0.149 e. The zero-order valence-electron chi connectivity index (χ0n) is 10.8. The topological polar surface area (TPSA) is 58.3 Å². The van der Waals surface area contributed by atoms with E-state index in [0.717, 1.165) is 31.2 Å². The number of likely N-dealkylation sites (N-methyl/N-ethyl adjacent to an activating group) is 2. The van der Waals surface area contributed by atoms with Gasteiger partial charge in [-0.1, -0.05) is 0 Å². The predicted molar refractivity (Wildman–Crippen MR) is 68.7 cm³/mol. The highest BCUT2D eigenvalue weighted by atomic mass is 15.2. The summed E-state index contributed by atoms with van der Waals surface area (Å²) < 4.78 is 0. The Morgan fingerprint density at radius 2 is 2.06 bits per heavy atom. The predicted octanol–water partition coefficient (Wildman–Crippen LogP) is 0.676. The van der Waals surface area contributed by atoms with Crippen LogP contribution < -0.4 is 5.73 Å². The van der Waals surface area contributed by atoms with Crippen molar-refractivity contribution in [2.45, 2.75) is 19.4 Å². The Morgan fingerprint density at radius 1 is 1.29 bits per heavy atom. The van der Waals surface area contributed by atoms with Gasteiger partial charge in [-0.3, -0.25) is 4.90 Å². The van der Waals surface area contributed by atoms with E-state index in [-0.39, 0.29) is 6.04 Å². The molecule has 1 fully saturated rings. The van der Waals surface area contributed by atoms with Crippen LogP contribution in [0.5, 0.6) is 0 Å². The number of nitrogens with zero attached hydrogens (tertiary/aromatic N) is 4. The first kappa shape index (κ1) is 12.3. The molecule has 1 unspecified atom stereocenters. The molecule has 1 aromatic rings. The molecule has 2 N–H and O–H groups in total. The van der Waals surface area contributed by atoms with Crippen molar-refractivity contribution in [1.29, 1.82) is 0 Å². The molecule has 0 aromatic carbocycles. The van der Waals surface area contributed by atoms with E-state index in [9.17, 15) is 0 Å². The largest absolute Gasteiger partial charge is 0.384 e. The Kier molecular flexibility index (Phi) is 3.59. The van der Waals surface area contributed by atoms with Crippen LogP contribution in [-0.2, 0) is 0 Å². The first-order valence-electron chi connectivity index (χ1n) is 6.06. The molecule has 2 rings (SSSR count). The summed E-state index contributed by atoms with van der Waals surface area (Å²) in [5.41, 5.74) is 6.74. The average Bonchev–Trinajstić information content (AvgIpc) is 2.39. The van der Waals surface area contributed by atoms with Crippen molar-refractivity contribution >= 4 is 5.82 Å². The Morgan fingerprint density at radius 3 is 2.76 bits per heavy atom. The molecular formula is C12H21N5. The summed E-state index contributed by atoms with van der Waals surface area (Å²) in [6.07, 6.45) is 1.19. The zero-order valence-corrected chi connectivity index (χ0v) is 10.8. The standard InChI is InChI=1S/C12H21N5/c1-9-7-11(13)15-12(14-9)10-8-16(2)5-4-6-17(10)3/h7,10H,4-6,8H2,1-3H3,(H2,13,14,15). The lowest BCUT2D eigenvalue weighted by Crippen LogP contribution is -2.32. The average molecular weight is 235 g/mol. The molecule has 2 heterocycles. The Balaban J connectivity index is 2.28. The summed E-state index contributed by atoms with van der Waals surface area (Å²) in [5.74, 6) is 1.41. The SMILES string of the molecule is Cc1cc(N)nc(C2CN(C)CCCN2C)n1. The van der Waals surface area contributed by atoms with Crippen molar-refractivity contribution in [3.05, 3.63) is 17.6 Å². The lowest BCUT2D eigenvalue weighted by atomic mass is 10.2. The molecule has 0 saturated carbocycles. The van der Waals surface area contributed by atoms with Crippen LogP contribution in [0.2, 0.25) is 0 Å². The number of hydrogen-bond acceptors (Lipinski definition) is 5. The summed E-state index contributed by atoms with van der Waals surface area (Å²) in [4.78, 5) is 13.6. The van der Waals surface area contributed by atoms with Gasteiger partial charge in [0.05, 0.1) is 6.04 Å². The molecule has 0 spiro atoms. The molecule has 94 valence electrons. The van der Waals surface area contributed by atoms with E-state index in [2.05, 4.69) is 33.9 Å². The second-order valence-corrected chi connectivity index (χ2v) is 4.90. The summed E-state index contributed by atoms with van der Waals surface area (Å²) in [6, 6.07) is 2.05. The summed E-state index contributed by atoms with van der Waals surface area (Å²) in [7, 11) is 4.27. The highest BCUT2D eigenvalue weighted by Gasteiger charge is 2.24. The zero-order chi connectivity index (χ0) is 12.4. The van der Waals surface area contributed by atoms with Gasteiger partial charge in [-0.2, -0.15) is 0 Å². The maximum absolute atomic E-state index is 5.80. The van der Waals surface area contributed by atoms with Crippen LogP contribution in [0.3, 0.4) is 0 Å². The van der Waals surface area contributed by atoms with E-state index in [1.54, 1.807) is 0 Å². The second-order valence-electron chi connectivity index (χ2n) is 4.90. The van der Waals surface area contributed by atoms with Gasteiger partial charge in [0.25, 0.3) is 0 Å². The fourth-order valence-electron chi connectivity index (χ4n) is 2.32. The fourth-order valence-corrected chi connectivity index (χ4v) is 2.32. The molecule has 5 nitrogen and oxygen atoms in total. The molecule has 1 aliphatic heterocycles. The van der Waals surface area contributed by atoms with Gasteiger partial charge < -0.3 is 10.6 Å². The van der Waals surface area contributed by atoms with Crippen LogP contribution in [0.15, 0.2) is 6.07 Å². The van der Waals surface area contributed by atoms with E-state index in [1.165, 1.54) is 6.42 Å². The third-order valence-electron chi connectivity index (χ3n) is 3.26. The molecular weight excluding hydrogens is 214 g/mol. The van der Waals surface area contributed by atoms with E-state index in [4.69, 9.17) is 5.73 Å². The number of aryl methyl sites for hydroxylation is 1. The van der Waals surface area contributed by atoms with Crippen molar-refractivity contribution in [3.8, 4) is 0 Å². The molecule has 1 saturated heterocycles. The van der Waals surface area contributed by atoms with Crippen LogP contribution in [0.1, 0.15) is 24.0 Å². The van der Waals surface area contributed by atoms with Gasteiger partial charge in [0, 0.05) is 18.3 Å². The molecule has 1 atom stereocenters. The van der Waals surface area contributed by atoms with Crippen molar-refractivity contribution in [2.75, 3.05) is 39.5 Å². The fraction of sp³-hybridized carbons (Fsp3) is 0.667. The van der Waals surface area contributed by atoms with Crippen molar-refractivity contribution in [2.24, 2.45) is 0 Å². The lowest BCUT2D eigenvalue weighted by Gasteiger charge is -2.26. The van der Waals surface area contributed by atoms with Gasteiger partial charge in [-0.05, 0) is 40.5 Å². The van der Waals surface area contributed by atoms with Crippen LogP contribution in [0.25, 0.3) is 0 Å². The number of nitrogen functional groups attached to an aromatic ring is 1. The van der Waals surface area contributed by atoms with Crippen LogP contribution in [0, 0.1) is 6.92 Å². The molecule has 0 amide bonds. The van der Waals surface area contributed by atoms with Gasteiger partial charge in [0.2, 0.25) is 0 Å². The number of rotatable bonds is 1. The Labute approximate surface area is 103 Å². The van der Waals surface area contributed by atoms with E-state index in [1.807, 2.05) is 13.0 Å². The minimum atomic E-state index is 0.240. The molecule has 0 bridgehead atoms. The van der Waals surface area contributed by atoms with Gasteiger partial charge >= 0.3 is 0 Å². The van der Waals surface area contributed by atoms with Crippen molar-refractivity contribution in [1.82, 2.24) is 19.8 Å². The minimum absolute atomic E-state index is 0.240. The van der Waals surface area contributed by atoms with Crippen LogP contribution >= 0.6 is 0 Å². The summed E-state index contributed by atoms with van der Waals surface area (Å²) in [6.45, 7) is 5.12. The van der Waals surface area contributed by atoms with Crippen molar-refractivity contribution < 1.29 is 0 Å². The van der Waals surface area contributed by atoms with E-state index >= 15 is 0 Å². The van der Waals surface area contributed by atoms with Gasteiger partial charge in [0.15, 0.2) is 0 Å². The Hall–Kier alpha value is -1.20. The third-order valence-corrected chi connectivity index (χ3v) is 3.26. The van der Waals surface area contributed by atoms with Crippen LogP contribution in [0.4, 0.5) is 5.82 Å². The van der Waals surface area contributed by atoms with E-state index in [0.29, 0.717) is 5.82 Å². The maximum atomic E-state index is 5.80. The first-order chi connectivity index (χ1) is 8.06.